The summed E-state index contributed by atoms with van der Waals surface area (Å²) < 4.78 is 12.9. The number of hydrogen-bond acceptors (Lipinski definition) is 4. The lowest BCUT2D eigenvalue weighted by Crippen LogP contribution is -2.34. The van der Waals surface area contributed by atoms with Crippen molar-refractivity contribution in [2.24, 2.45) is 0 Å². The third kappa shape index (κ3) is 6.14. The third-order valence-corrected chi connectivity index (χ3v) is 4.82. The van der Waals surface area contributed by atoms with Crippen LogP contribution in [0.4, 0.5) is 20.6 Å². The van der Waals surface area contributed by atoms with Crippen LogP contribution in [0.25, 0.3) is 0 Å². The van der Waals surface area contributed by atoms with Gasteiger partial charge in [0.05, 0.1) is 4.88 Å². The number of carbonyl (C=O) groups is 3. The summed E-state index contributed by atoms with van der Waals surface area (Å²) in [6.45, 7) is 0.599. The lowest BCUT2D eigenvalue weighted by molar-refractivity contribution is 0.0929. The monoisotopic (exact) mass is 426 g/mol. The number of rotatable bonds is 7. The molecule has 2 aromatic carbocycles. The molecule has 0 saturated carbocycles. The fraction of sp³-hybridized carbons (Fsp3) is 0.0952. The van der Waals surface area contributed by atoms with E-state index >= 15 is 0 Å². The van der Waals surface area contributed by atoms with Crippen LogP contribution in [0.3, 0.4) is 0 Å². The molecular formula is C21H19FN4O3S. The van der Waals surface area contributed by atoms with E-state index in [-0.39, 0.29) is 24.2 Å². The van der Waals surface area contributed by atoms with E-state index in [2.05, 4.69) is 21.3 Å². The molecule has 4 N–H and O–H groups in total. The minimum atomic E-state index is -0.486. The molecule has 0 atom stereocenters. The first kappa shape index (κ1) is 21.0. The van der Waals surface area contributed by atoms with Gasteiger partial charge in [-0.05, 0) is 60.0 Å². The van der Waals surface area contributed by atoms with E-state index in [1.54, 1.807) is 36.4 Å². The molecule has 0 aliphatic heterocycles. The molecule has 0 aliphatic carbocycles. The fourth-order valence-corrected chi connectivity index (χ4v) is 3.12. The minimum Gasteiger partial charge on any atom is -0.350 e. The van der Waals surface area contributed by atoms with E-state index in [1.807, 2.05) is 5.38 Å². The van der Waals surface area contributed by atoms with Gasteiger partial charge in [0.25, 0.3) is 11.8 Å². The number of hydrogen-bond donors (Lipinski definition) is 4. The number of urea groups is 1. The Morgan fingerprint density at radius 1 is 0.767 bits per heavy atom. The van der Waals surface area contributed by atoms with E-state index in [0.717, 1.165) is 0 Å². The zero-order chi connectivity index (χ0) is 21.3. The molecule has 1 aromatic heterocycles. The van der Waals surface area contributed by atoms with E-state index < -0.39 is 6.03 Å². The standard InChI is InChI=1S/C21H19FN4O3S/c22-15-5-9-17(10-6-15)26-21(29)25-16-7-3-14(4-8-16)19(27)23-11-12-24-20(28)18-2-1-13-30-18/h1-10,13H,11-12H2,(H,23,27)(H,24,28)(H2,25,26,29). The van der Waals surface area contributed by atoms with Gasteiger partial charge in [0, 0.05) is 30.0 Å². The number of benzene rings is 2. The molecule has 0 fully saturated rings. The minimum absolute atomic E-state index is 0.173. The van der Waals surface area contributed by atoms with Crippen LogP contribution in [0.2, 0.25) is 0 Å². The molecule has 0 aliphatic rings. The lowest BCUT2D eigenvalue weighted by atomic mass is 10.2. The molecule has 3 aromatic rings. The predicted molar refractivity (Wildman–Crippen MR) is 114 cm³/mol. The second kappa shape index (κ2) is 10.2. The molecule has 3 rings (SSSR count). The molecule has 0 unspecified atom stereocenters. The van der Waals surface area contributed by atoms with Gasteiger partial charge >= 0.3 is 6.03 Å². The van der Waals surface area contributed by atoms with E-state index in [1.165, 1.54) is 35.6 Å². The van der Waals surface area contributed by atoms with Gasteiger partial charge in [-0.25, -0.2) is 9.18 Å². The average molecular weight is 426 g/mol. The van der Waals surface area contributed by atoms with Crippen LogP contribution < -0.4 is 21.3 Å². The number of anilines is 2. The molecule has 9 heteroatoms. The maximum atomic E-state index is 12.9. The van der Waals surface area contributed by atoms with Crippen molar-refractivity contribution in [3.63, 3.8) is 0 Å². The quantitative estimate of drug-likeness (QED) is 0.434. The zero-order valence-electron chi connectivity index (χ0n) is 15.8. The van der Waals surface area contributed by atoms with Gasteiger partial charge in [-0.2, -0.15) is 0 Å². The van der Waals surface area contributed by atoms with Crippen molar-refractivity contribution < 1.29 is 18.8 Å². The summed E-state index contributed by atoms with van der Waals surface area (Å²) in [6.07, 6.45) is 0. The Hall–Kier alpha value is -3.72. The molecule has 4 amide bonds. The number of carbonyl (C=O) groups excluding carboxylic acids is 3. The Morgan fingerprint density at radius 2 is 1.33 bits per heavy atom. The number of halogens is 1. The lowest BCUT2D eigenvalue weighted by Gasteiger charge is -2.09. The predicted octanol–water partition coefficient (Wildman–Crippen LogP) is 3.69. The molecule has 0 bridgehead atoms. The third-order valence-electron chi connectivity index (χ3n) is 3.95. The summed E-state index contributed by atoms with van der Waals surface area (Å²) in [5.74, 6) is -0.851. The maximum absolute atomic E-state index is 12.9. The first-order chi connectivity index (χ1) is 14.5. The van der Waals surface area contributed by atoms with Crippen LogP contribution in [-0.2, 0) is 0 Å². The van der Waals surface area contributed by atoms with Crippen LogP contribution in [0, 0.1) is 5.82 Å². The van der Waals surface area contributed by atoms with Gasteiger partial charge in [0.1, 0.15) is 5.82 Å². The van der Waals surface area contributed by atoms with Crippen molar-refractivity contribution in [1.82, 2.24) is 10.6 Å². The van der Waals surface area contributed by atoms with Crippen LogP contribution >= 0.6 is 11.3 Å². The van der Waals surface area contributed by atoms with Crippen molar-refractivity contribution in [3.8, 4) is 0 Å². The van der Waals surface area contributed by atoms with Gasteiger partial charge in [0.15, 0.2) is 0 Å². The Kier molecular flexibility index (Phi) is 7.12. The van der Waals surface area contributed by atoms with Gasteiger partial charge in [0.2, 0.25) is 0 Å². The molecule has 0 radical (unpaired) electrons. The van der Waals surface area contributed by atoms with Crippen LogP contribution in [0.1, 0.15) is 20.0 Å². The summed E-state index contributed by atoms with van der Waals surface area (Å²) in [5, 5.41) is 12.5. The second-order valence-electron chi connectivity index (χ2n) is 6.15. The summed E-state index contributed by atoms with van der Waals surface area (Å²) >= 11 is 1.35. The first-order valence-corrected chi connectivity index (χ1v) is 9.93. The average Bonchev–Trinajstić information content (AvgIpc) is 3.28. The molecule has 1 heterocycles. The molecular weight excluding hydrogens is 407 g/mol. The summed E-state index contributed by atoms with van der Waals surface area (Å²) in [4.78, 5) is 36.6. The van der Waals surface area contributed by atoms with Crippen LogP contribution in [-0.4, -0.2) is 30.9 Å². The molecule has 7 nitrogen and oxygen atoms in total. The zero-order valence-corrected chi connectivity index (χ0v) is 16.6. The van der Waals surface area contributed by atoms with Gasteiger partial charge in [-0.1, -0.05) is 6.07 Å². The van der Waals surface area contributed by atoms with E-state index in [4.69, 9.17) is 0 Å². The second-order valence-corrected chi connectivity index (χ2v) is 7.10. The Labute approximate surface area is 176 Å². The van der Waals surface area contributed by atoms with E-state index in [0.29, 0.717) is 28.4 Å². The summed E-state index contributed by atoms with van der Waals surface area (Å²) in [6, 6.07) is 14.8. The number of nitrogens with one attached hydrogen (secondary N) is 4. The number of thiophene rings is 1. The van der Waals surface area contributed by atoms with Crippen molar-refractivity contribution in [1.29, 1.82) is 0 Å². The summed E-state index contributed by atoms with van der Waals surface area (Å²) in [5.41, 5.74) is 1.37. The smallest absolute Gasteiger partial charge is 0.323 e. The Morgan fingerprint density at radius 3 is 1.90 bits per heavy atom. The highest BCUT2D eigenvalue weighted by Gasteiger charge is 2.08. The molecule has 0 saturated heterocycles. The molecule has 154 valence electrons. The highest BCUT2D eigenvalue weighted by atomic mass is 32.1. The Balaban J connectivity index is 1.41. The van der Waals surface area contributed by atoms with Crippen molar-refractivity contribution in [2.45, 2.75) is 0 Å². The maximum Gasteiger partial charge on any atom is 0.323 e. The van der Waals surface area contributed by atoms with Crippen molar-refractivity contribution in [3.05, 3.63) is 82.3 Å². The summed E-state index contributed by atoms with van der Waals surface area (Å²) in [7, 11) is 0. The normalized spacial score (nSPS) is 10.2. The highest BCUT2D eigenvalue weighted by molar-refractivity contribution is 7.12. The Bertz CT molecular complexity index is 1010. The number of amides is 4. The van der Waals surface area contributed by atoms with Crippen molar-refractivity contribution >= 4 is 40.6 Å². The molecule has 30 heavy (non-hydrogen) atoms. The van der Waals surface area contributed by atoms with Gasteiger partial charge < -0.3 is 21.3 Å². The topological polar surface area (TPSA) is 99.3 Å². The largest absolute Gasteiger partial charge is 0.350 e. The fourth-order valence-electron chi connectivity index (χ4n) is 2.48. The van der Waals surface area contributed by atoms with Crippen molar-refractivity contribution in [2.75, 3.05) is 23.7 Å². The van der Waals surface area contributed by atoms with Gasteiger partial charge in [-0.3, -0.25) is 9.59 Å². The molecule has 0 spiro atoms. The first-order valence-electron chi connectivity index (χ1n) is 9.05. The van der Waals surface area contributed by atoms with E-state index in [9.17, 15) is 18.8 Å². The van der Waals surface area contributed by atoms with Crippen LogP contribution in [0.15, 0.2) is 66.0 Å². The highest BCUT2D eigenvalue weighted by Crippen LogP contribution is 2.12. The van der Waals surface area contributed by atoms with Gasteiger partial charge in [-0.15, -0.1) is 11.3 Å². The SMILES string of the molecule is O=C(Nc1ccc(F)cc1)Nc1ccc(C(=O)NCCNC(=O)c2cccs2)cc1. The van der Waals surface area contributed by atoms with Crippen LogP contribution in [0.5, 0.6) is 0 Å².